The first kappa shape index (κ1) is 23.0. The molecule has 0 unspecified atom stereocenters. The van der Waals surface area contributed by atoms with E-state index in [9.17, 15) is 4.79 Å². The number of fused-ring (bicyclic) bond motifs is 1. The number of anilines is 2. The number of hydrogen-bond donors (Lipinski definition) is 1. The molecule has 0 aliphatic carbocycles. The zero-order valence-electron chi connectivity index (χ0n) is 19.5. The zero-order chi connectivity index (χ0) is 24.4. The van der Waals surface area contributed by atoms with Gasteiger partial charge in [0.15, 0.2) is 11.5 Å². The lowest BCUT2D eigenvalue weighted by atomic mass is 10.0. The van der Waals surface area contributed by atoms with Crippen LogP contribution in [0.3, 0.4) is 0 Å². The molecule has 1 heterocycles. The van der Waals surface area contributed by atoms with Gasteiger partial charge < -0.3 is 14.8 Å². The van der Waals surface area contributed by atoms with Crippen LogP contribution in [0.4, 0.5) is 11.4 Å². The molecule has 0 spiro atoms. The van der Waals surface area contributed by atoms with Gasteiger partial charge in [-0.3, -0.25) is 9.69 Å². The molecule has 0 aromatic heterocycles. The van der Waals surface area contributed by atoms with Gasteiger partial charge in [-0.05, 0) is 64.3 Å². The van der Waals surface area contributed by atoms with Crippen molar-refractivity contribution in [2.75, 3.05) is 17.3 Å². The van der Waals surface area contributed by atoms with Crippen molar-refractivity contribution in [3.8, 4) is 11.5 Å². The van der Waals surface area contributed by atoms with Crippen LogP contribution in [0.15, 0.2) is 95.5 Å². The molecule has 4 aromatic carbocycles. The minimum atomic E-state index is -0.438. The number of hydrogen-bond acceptors (Lipinski definition) is 4. The number of benzene rings is 4. The summed E-state index contributed by atoms with van der Waals surface area (Å²) in [5, 5.41) is 3.56. The van der Waals surface area contributed by atoms with Crippen molar-refractivity contribution in [3.05, 3.63) is 118 Å². The normalized spacial score (nSPS) is 14.8. The van der Waals surface area contributed by atoms with Crippen LogP contribution in [0.25, 0.3) is 0 Å². The molecule has 6 heteroatoms. The number of carbonyl (C=O) groups excluding carboxylic acids is 1. The van der Waals surface area contributed by atoms with Crippen LogP contribution in [0.1, 0.15) is 33.2 Å². The van der Waals surface area contributed by atoms with Gasteiger partial charge in [0.2, 0.25) is 0 Å². The van der Waals surface area contributed by atoms with E-state index in [1.54, 1.807) is 7.11 Å². The summed E-state index contributed by atoms with van der Waals surface area (Å²) in [7, 11) is 1.62. The minimum Gasteiger partial charge on any atom is -0.493 e. The highest BCUT2D eigenvalue weighted by Gasteiger charge is 2.35. The van der Waals surface area contributed by atoms with E-state index in [4.69, 9.17) is 9.47 Å². The summed E-state index contributed by atoms with van der Waals surface area (Å²) in [6.07, 6.45) is -0.438. The number of halogens is 1. The Bertz CT molecular complexity index is 1370. The van der Waals surface area contributed by atoms with Crippen molar-refractivity contribution in [3.63, 3.8) is 0 Å². The highest BCUT2D eigenvalue weighted by atomic mass is 79.9. The Balaban J connectivity index is 1.56. The molecule has 1 aliphatic rings. The van der Waals surface area contributed by atoms with Crippen molar-refractivity contribution < 1.29 is 14.3 Å². The molecule has 176 valence electrons. The first-order valence-corrected chi connectivity index (χ1v) is 12.1. The lowest BCUT2D eigenvalue weighted by molar-refractivity contribution is 0.0974. The number of amides is 1. The van der Waals surface area contributed by atoms with Crippen LogP contribution in [0, 0.1) is 6.92 Å². The van der Waals surface area contributed by atoms with Gasteiger partial charge in [0, 0.05) is 16.9 Å². The number of nitrogens with zero attached hydrogens (tertiary/aromatic N) is 1. The third kappa shape index (κ3) is 4.49. The second kappa shape index (κ2) is 9.84. The van der Waals surface area contributed by atoms with Crippen LogP contribution in [-0.2, 0) is 6.61 Å². The number of nitrogens with one attached hydrogen (secondary N) is 1. The highest BCUT2D eigenvalue weighted by molar-refractivity contribution is 9.10. The van der Waals surface area contributed by atoms with E-state index in [0.29, 0.717) is 23.7 Å². The minimum absolute atomic E-state index is 0.0573. The maximum absolute atomic E-state index is 13.7. The largest absolute Gasteiger partial charge is 0.493 e. The van der Waals surface area contributed by atoms with E-state index in [1.807, 2.05) is 103 Å². The highest BCUT2D eigenvalue weighted by Crippen LogP contribution is 2.43. The number of methoxy groups -OCH3 is 1. The molecular formula is C29H25BrN2O3. The summed E-state index contributed by atoms with van der Waals surface area (Å²) in [5.41, 5.74) is 5.23. The summed E-state index contributed by atoms with van der Waals surface area (Å²) in [6.45, 7) is 2.43. The van der Waals surface area contributed by atoms with Crippen molar-refractivity contribution in [1.29, 1.82) is 0 Å². The topological polar surface area (TPSA) is 50.8 Å². The summed E-state index contributed by atoms with van der Waals surface area (Å²) >= 11 is 3.68. The Hall–Kier alpha value is -3.77. The molecule has 0 saturated heterocycles. The Kier molecular flexibility index (Phi) is 6.47. The van der Waals surface area contributed by atoms with E-state index in [2.05, 4.69) is 21.2 Å². The van der Waals surface area contributed by atoms with Gasteiger partial charge in [-0.25, -0.2) is 0 Å². The van der Waals surface area contributed by atoms with Crippen LogP contribution in [0.5, 0.6) is 11.5 Å². The Morgan fingerprint density at radius 2 is 1.66 bits per heavy atom. The molecule has 0 bridgehead atoms. The number of para-hydroxylation sites is 2. The molecule has 5 nitrogen and oxygen atoms in total. The van der Waals surface area contributed by atoms with Gasteiger partial charge in [0.25, 0.3) is 5.91 Å². The molecule has 4 aromatic rings. The molecule has 0 saturated carbocycles. The molecule has 0 radical (unpaired) electrons. The van der Waals surface area contributed by atoms with E-state index >= 15 is 0 Å². The molecule has 35 heavy (non-hydrogen) atoms. The quantitative estimate of drug-likeness (QED) is 0.289. The number of carbonyl (C=O) groups is 1. The fourth-order valence-corrected chi connectivity index (χ4v) is 4.91. The first-order valence-electron chi connectivity index (χ1n) is 11.4. The Morgan fingerprint density at radius 3 is 2.43 bits per heavy atom. The van der Waals surface area contributed by atoms with Crippen LogP contribution in [0.2, 0.25) is 0 Å². The van der Waals surface area contributed by atoms with Crippen LogP contribution >= 0.6 is 15.9 Å². The zero-order valence-corrected chi connectivity index (χ0v) is 21.1. The van der Waals surface area contributed by atoms with Crippen molar-refractivity contribution in [2.24, 2.45) is 0 Å². The van der Waals surface area contributed by atoms with Gasteiger partial charge in [0.1, 0.15) is 12.8 Å². The average molecular weight is 529 g/mol. The Morgan fingerprint density at radius 1 is 0.943 bits per heavy atom. The lowest BCUT2D eigenvalue weighted by Gasteiger charge is -2.39. The second-order valence-electron chi connectivity index (χ2n) is 8.36. The van der Waals surface area contributed by atoms with Gasteiger partial charge >= 0.3 is 0 Å². The van der Waals surface area contributed by atoms with Crippen molar-refractivity contribution >= 4 is 33.2 Å². The van der Waals surface area contributed by atoms with E-state index in [0.717, 1.165) is 32.5 Å². The average Bonchev–Trinajstić information content (AvgIpc) is 2.89. The van der Waals surface area contributed by atoms with Crippen LogP contribution < -0.4 is 19.7 Å². The summed E-state index contributed by atoms with van der Waals surface area (Å²) in [6, 6.07) is 29.4. The van der Waals surface area contributed by atoms with Gasteiger partial charge in [-0.2, -0.15) is 0 Å². The predicted octanol–water partition coefficient (Wildman–Crippen LogP) is 7.12. The SMILES string of the molecule is COc1cc([C@@H]2Nc3ccccc3C(=O)N2c2ccccc2C)cc(Br)c1OCc1ccccc1. The molecular weight excluding hydrogens is 504 g/mol. The van der Waals surface area contributed by atoms with Gasteiger partial charge in [-0.1, -0.05) is 60.7 Å². The first-order chi connectivity index (χ1) is 17.1. The molecule has 0 fully saturated rings. The molecule has 1 atom stereocenters. The van der Waals surface area contributed by atoms with Crippen molar-refractivity contribution in [2.45, 2.75) is 19.7 Å². The third-order valence-electron chi connectivity index (χ3n) is 6.10. The monoisotopic (exact) mass is 528 g/mol. The fraction of sp³-hybridized carbons (Fsp3) is 0.138. The molecule has 1 aliphatic heterocycles. The number of aryl methyl sites for hydroxylation is 1. The summed E-state index contributed by atoms with van der Waals surface area (Å²) in [5.74, 6) is 1.14. The molecule has 5 rings (SSSR count). The smallest absolute Gasteiger partial charge is 0.262 e. The number of ether oxygens (including phenoxy) is 2. The second-order valence-corrected chi connectivity index (χ2v) is 9.22. The van der Waals surface area contributed by atoms with E-state index in [1.165, 1.54) is 0 Å². The van der Waals surface area contributed by atoms with E-state index < -0.39 is 6.17 Å². The van der Waals surface area contributed by atoms with Crippen molar-refractivity contribution in [1.82, 2.24) is 0 Å². The predicted molar refractivity (Wildman–Crippen MR) is 142 cm³/mol. The fourth-order valence-electron chi connectivity index (χ4n) is 4.34. The summed E-state index contributed by atoms with van der Waals surface area (Å²) < 4.78 is 12.6. The summed E-state index contributed by atoms with van der Waals surface area (Å²) in [4.78, 5) is 15.5. The number of rotatable bonds is 6. The van der Waals surface area contributed by atoms with Crippen LogP contribution in [-0.4, -0.2) is 13.0 Å². The Labute approximate surface area is 213 Å². The third-order valence-corrected chi connectivity index (χ3v) is 6.68. The molecule has 1 N–H and O–H groups in total. The standard InChI is InChI=1S/C29H25BrN2O3/c1-19-10-6-9-15-25(19)32-28(31-24-14-8-7-13-22(24)29(32)33)21-16-23(30)27(26(17-21)34-2)35-18-20-11-4-3-5-12-20/h3-17,28,31H,18H2,1-2H3/t28-/m1/s1. The molecule has 1 amide bonds. The lowest BCUT2D eigenvalue weighted by Crippen LogP contribution is -2.43. The maximum atomic E-state index is 13.7. The van der Waals surface area contributed by atoms with Gasteiger partial charge in [0.05, 0.1) is 17.1 Å². The maximum Gasteiger partial charge on any atom is 0.262 e. The van der Waals surface area contributed by atoms with Gasteiger partial charge in [-0.15, -0.1) is 0 Å². The van der Waals surface area contributed by atoms with E-state index in [-0.39, 0.29) is 5.91 Å².